The molecule has 0 saturated carbocycles. The van der Waals surface area contributed by atoms with Crippen LogP contribution in [0.3, 0.4) is 0 Å². The Bertz CT molecular complexity index is 3420. The van der Waals surface area contributed by atoms with Crippen molar-refractivity contribution in [2.75, 3.05) is 0 Å². The molecule has 6 nitrogen and oxygen atoms in total. The number of aliphatic imine (C=N–C) groups is 2. The van der Waals surface area contributed by atoms with Gasteiger partial charge >= 0.3 is 0 Å². The van der Waals surface area contributed by atoms with E-state index < -0.39 is 0 Å². The predicted octanol–water partition coefficient (Wildman–Crippen LogP) is 12.2. The number of hydrogen-bond donors (Lipinski definition) is 1. The molecule has 0 bridgehead atoms. The largest absolute Gasteiger partial charge is 0.456 e. The molecular formula is C49H30N4O2. The highest BCUT2D eigenvalue weighted by molar-refractivity contribution is 6.19. The van der Waals surface area contributed by atoms with Gasteiger partial charge in [0.15, 0.2) is 11.4 Å². The van der Waals surface area contributed by atoms with Crippen molar-refractivity contribution in [3.63, 3.8) is 0 Å². The molecule has 8 aromatic carbocycles. The Morgan fingerprint density at radius 3 is 1.96 bits per heavy atom. The van der Waals surface area contributed by atoms with Crippen molar-refractivity contribution in [2.45, 2.75) is 6.17 Å². The van der Waals surface area contributed by atoms with Gasteiger partial charge in [0.25, 0.3) is 0 Å². The first-order valence-corrected chi connectivity index (χ1v) is 18.5. The molecule has 0 radical (unpaired) electrons. The molecule has 1 atom stereocenters. The molecule has 0 aliphatic carbocycles. The molecule has 1 aliphatic heterocycles. The van der Waals surface area contributed by atoms with Gasteiger partial charge in [-0.15, -0.1) is 0 Å². The Morgan fingerprint density at radius 1 is 0.473 bits per heavy atom. The third-order valence-corrected chi connectivity index (χ3v) is 11.0. The lowest BCUT2D eigenvalue weighted by atomic mass is 10.0. The molecule has 0 saturated heterocycles. The fourth-order valence-corrected chi connectivity index (χ4v) is 8.42. The maximum absolute atomic E-state index is 6.77. The summed E-state index contributed by atoms with van der Waals surface area (Å²) in [5.41, 5.74) is 9.41. The summed E-state index contributed by atoms with van der Waals surface area (Å²) in [6, 6.07) is 59.2. The molecule has 1 unspecified atom stereocenters. The summed E-state index contributed by atoms with van der Waals surface area (Å²) >= 11 is 0. The zero-order valence-corrected chi connectivity index (χ0v) is 29.4. The Kier molecular flexibility index (Phi) is 6.30. The topological polar surface area (TPSA) is 68.0 Å². The number of benzene rings is 8. The highest BCUT2D eigenvalue weighted by Crippen LogP contribution is 2.40. The fraction of sp³-hybridized carbons (Fsp3) is 0.0204. The van der Waals surface area contributed by atoms with E-state index in [-0.39, 0.29) is 6.17 Å². The molecule has 3 aromatic heterocycles. The summed E-state index contributed by atoms with van der Waals surface area (Å²) < 4.78 is 15.3. The molecule has 55 heavy (non-hydrogen) atoms. The summed E-state index contributed by atoms with van der Waals surface area (Å²) in [6.07, 6.45) is -0.361. The highest BCUT2D eigenvalue weighted by atomic mass is 16.3. The van der Waals surface area contributed by atoms with E-state index in [0.29, 0.717) is 5.84 Å². The SMILES string of the molecule is c1ccc(C2N=C(c3cc(-n4c5ccccc5c5cc6ccccc6cc54)c4oc5ccccc5c4c3)N=C(c3ccc4oc5ccccc5c4c3)N2)cc1. The summed E-state index contributed by atoms with van der Waals surface area (Å²) in [5.74, 6) is 1.38. The number of furan rings is 2. The highest BCUT2D eigenvalue weighted by Gasteiger charge is 2.25. The maximum Gasteiger partial charge on any atom is 0.159 e. The van der Waals surface area contributed by atoms with Crippen LogP contribution in [0.25, 0.3) is 82.1 Å². The van der Waals surface area contributed by atoms with Gasteiger partial charge in [0.2, 0.25) is 0 Å². The summed E-state index contributed by atoms with van der Waals surface area (Å²) in [5, 5.41) is 12.6. The van der Waals surface area contributed by atoms with E-state index in [1.54, 1.807) is 0 Å². The number of aromatic nitrogens is 1. The second kappa shape index (κ2) is 11.5. The van der Waals surface area contributed by atoms with Crippen molar-refractivity contribution in [1.82, 2.24) is 9.88 Å². The number of fused-ring (bicyclic) bond motifs is 10. The minimum absolute atomic E-state index is 0.361. The van der Waals surface area contributed by atoms with Gasteiger partial charge in [-0.25, -0.2) is 9.98 Å². The Morgan fingerprint density at radius 2 is 1.13 bits per heavy atom. The number of nitrogens with one attached hydrogen (secondary N) is 1. The molecule has 6 heteroatoms. The zero-order chi connectivity index (χ0) is 36.0. The third kappa shape index (κ3) is 4.61. The molecule has 12 rings (SSSR count). The van der Waals surface area contributed by atoms with Gasteiger partial charge in [-0.1, -0.05) is 109 Å². The van der Waals surface area contributed by atoms with Crippen molar-refractivity contribution < 1.29 is 8.83 Å². The van der Waals surface area contributed by atoms with Crippen LogP contribution in [0.1, 0.15) is 22.9 Å². The van der Waals surface area contributed by atoms with E-state index >= 15 is 0 Å². The van der Waals surface area contributed by atoms with Crippen molar-refractivity contribution in [1.29, 1.82) is 0 Å². The van der Waals surface area contributed by atoms with Gasteiger partial charge < -0.3 is 18.7 Å². The summed E-state index contributed by atoms with van der Waals surface area (Å²) in [7, 11) is 0. The quantitative estimate of drug-likeness (QED) is 0.198. The lowest BCUT2D eigenvalue weighted by molar-refractivity contribution is 0.666. The second-order valence-electron chi connectivity index (χ2n) is 14.2. The van der Waals surface area contributed by atoms with Crippen LogP contribution in [0.15, 0.2) is 189 Å². The van der Waals surface area contributed by atoms with Gasteiger partial charge in [0, 0.05) is 43.4 Å². The van der Waals surface area contributed by atoms with Gasteiger partial charge in [-0.05, 0) is 77.0 Å². The molecule has 4 heterocycles. The summed E-state index contributed by atoms with van der Waals surface area (Å²) in [6.45, 7) is 0. The standard InChI is InChI=1S/C49H30N4O2/c1-2-12-29(13-3-1)47-50-48(32-22-23-45-38(25-32)35-17-7-10-20-43(35)54-45)52-49(51-47)33-26-39-36-18-8-11-21-44(36)55-46(39)42(28-33)53-40-19-9-6-16-34(40)37-24-30-14-4-5-15-31(30)27-41(37)53/h1-28,47H,(H,50,51,52). The molecular weight excluding hydrogens is 677 g/mol. The average molecular weight is 707 g/mol. The van der Waals surface area contributed by atoms with Gasteiger partial charge in [0.05, 0.1) is 16.7 Å². The number of hydrogen-bond acceptors (Lipinski definition) is 5. The molecule has 0 spiro atoms. The minimum Gasteiger partial charge on any atom is -0.456 e. The van der Waals surface area contributed by atoms with Crippen LogP contribution in [0, 0.1) is 0 Å². The number of amidine groups is 2. The molecule has 0 fully saturated rings. The van der Waals surface area contributed by atoms with Crippen LogP contribution in [0.2, 0.25) is 0 Å². The molecule has 11 aromatic rings. The third-order valence-electron chi connectivity index (χ3n) is 11.0. The molecule has 1 aliphatic rings. The molecule has 1 N–H and O–H groups in total. The summed E-state index contributed by atoms with van der Waals surface area (Å²) in [4.78, 5) is 10.6. The number of rotatable bonds is 4. The predicted molar refractivity (Wildman–Crippen MR) is 225 cm³/mol. The van der Waals surface area contributed by atoms with E-state index in [1.807, 2.05) is 42.5 Å². The first-order chi connectivity index (χ1) is 27.2. The van der Waals surface area contributed by atoms with Crippen LogP contribution < -0.4 is 5.32 Å². The molecule has 0 amide bonds. The van der Waals surface area contributed by atoms with E-state index in [9.17, 15) is 0 Å². The zero-order valence-electron chi connectivity index (χ0n) is 29.4. The maximum atomic E-state index is 6.77. The van der Waals surface area contributed by atoms with E-state index in [4.69, 9.17) is 18.8 Å². The Hall–Kier alpha value is -7.44. The number of para-hydroxylation sites is 3. The van der Waals surface area contributed by atoms with Crippen molar-refractivity contribution in [2.24, 2.45) is 9.98 Å². The second-order valence-corrected chi connectivity index (χ2v) is 14.2. The van der Waals surface area contributed by atoms with Gasteiger partial charge in [-0.3, -0.25) is 0 Å². The lowest BCUT2D eigenvalue weighted by Gasteiger charge is -2.24. The van der Waals surface area contributed by atoms with Gasteiger partial charge in [0.1, 0.15) is 28.8 Å². The Balaban J connectivity index is 1.13. The Labute approximate surface area is 314 Å². The molecule has 258 valence electrons. The van der Waals surface area contributed by atoms with Crippen LogP contribution in [0.4, 0.5) is 0 Å². The van der Waals surface area contributed by atoms with Crippen molar-refractivity contribution in [3.05, 3.63) is 187 Å². The van der Waals surface area contributed by atoms with Crippen LogP contribution >= 0.6 is 0 Å². The van der Waals surface area contributed by atoms with E-state index in [0.717, 1.165) is 83.1 Å². The minimum atomic E-state index is -0.361. The van der Waals surface area contributed by atoms with Crippen molar-refractivity contribution in [3.8, 4) is 5.69 Å². The van der Waals surface area contributed by atoms with E-state index in [2.05, 4.69) is 137 Å². The lowest BCUT2D eigenvalue weighted by Crippen LogP contribution is -2.33. The smallest absolute Gasteiger partial charge is 0.159 e. The first-order valence-electron chi connectivity index (χ1n) is 18.5. The monoisotopic (exact) mass is 706 g/mol. The van der Waals surface area contributed by atoms with Crippen molar-refractivity contribution >= 4 is 88.1 Å². The first kappa shape index (κ1) is 30.1. The van der Waals surface area contributed by atoms with Crippen LogP contribution in [-0.4, -0.2) is 16.2 Å². The van der Waals surface area contributed by atoms with E-state index in [1.165, 1.54) is 21.5 Å². The fourth-order valence-electron chi connectivity index (χ4n) is 8.42. The van der Waals surface area contributed by atoms with Gasteiger partial charge in [-0.2, -0.15) is 0 Å². The van der Waals surface area contributed by atoms with Crippen LogP contribution in [0.5, 0.6) is 0 Å². The normalized spacial score (nSPS) is 14.7. The van der Waals surface area contributed by atoms with Crippen LogP contribution in [-0.2, 0) is 0 Å². The number of nitrogens with zero attached hydrogens (tertiary/aromatic N) is 3. The average Bonchev–Trinajstić information content (AvgIpc) is 3.92.